The van der Waals surface area contributed by atoms with E-state index in [9.17, 15) is 0 Å². The van der Waals surface area contributed by atoms with Crippen LogP contribution in [0.4, 0.5) is 0 Å². The fourth-order valence-corrected chi connectivity index (χ4v) is 7.78. The van der Waals surface area contributed by atoms with Crippen molar-refractivity contribution in [2.45, 2.75) is 26.2 Å². The van der Waals surface area contributed by atoms with Gasteiger partial charge in [-0.2, -0.15) is 10.6 Å². The maximum absolute atomic E-state index is 6.82. The summed E-state index contributed by atoms with van der Waals surface area (Å²) in [5.41, 5.74) is 9.49. The van der Waals surface area contributed by atoms with Gasteiger partial charge in [-0.25, -0.2) is 9.55 Å². The molecule has 4 aromatic heterocycles. The number of aromatic nitrogens is 5. The molecule has 54 heavy (non-hydrogen) atoms. The Labute approximate surface area is 327 Å². The fraction of sp³-hybridized carbons (Fsp3) is 0.106. The van der Waals surface area contributed by atoms with Crippen molar-refractivity contribution in [2.24, 2.45) is 7.05 Å². The number of nitrogens with zero attached hydrogens (tertiary/aromatic N) is 5. The summed E-state index contributed by atoms with van der Waals surface area (Å²) in [6.45, 7) is 6.68. The van der Waals surface area contributed by atoms with Crippen LogP contribution in [0.1, 0.15) is 26.3 Å². The Morgan fingerprint density at radius 1 is 0.593 bits per heavy atom. The third-order valence-corrected chi connectivity index (χ3v) is 10.3. The molecule has 6 aromatic carbocycles. The summed E-state index contributed by atoms with van der Waals surface area (Å²) in [4.78, 5) is 4.86. The molecule has 0 bridgehead atoms. The molecule has 6 nitrogen and oxygen atoms in total. The Hall–Kier alpha value is -5.97. The van der Waals surface area contributed by atoms with Crippen molar-refractivity contribution in [1.82, 2.24) is 23.3 Å². The van der Waals surface area contributed by atoms with Gasteiger partial charge in [-0.05, 0) is 64.5 Å². The number of aryl methyl sites for hydroxylation is 1. The Morgan fingerprint density at radius 2 is 1.19 bits per heavy atom. The molecule has 0 aliphatic rings. The van der Waals surface area contributed by atoms with Crippen molar-refractivity contribution in [3.63, 3.8) is 0 Å². The third-order valence-electron chi connectivity index (χ3n) is 10.3. The van der Waals surface area contributed by atoms with E-state index in [1.54, 1.807) is 0 Å². The van der Waals surface area contributed by atoms with Crippen molar-refractivity contribution in [3.8, 4) is 28.7 Å². The van der Waals surface area contributed by atoms with Gasteiger partial charge in [0.2, 0.25) is 0 Å². The topological polar surface area (TPSA) is 41.8 Å². The van der Waals surface area contributed by atoms with Crippen LogP contribution >= 0.6 is 0 Å². The number of benzene rings is 6. The van der Waals surface area contributed by atoms with Gasteiger partial charge in [0.05, 0.1) is 11.0 Å². The predicted octanol–water partition coefficient (Wildman–Crippen LogP) is 11.5. The van der Waals surface area contributed by atoms with Gasteiger partial charge in [0.1, 0.15) is 5.82 Å². The maximum Gasteiger partial charge on any atom is 0.188 e. The van der Waals surface area contributed by atoms with E-state index in [0.717, 1.165) is 61.1 Å². The molecule has 0 saturated carbocycles. The van der Waals surface area contributed by atoms with Crippen LogP contribution in [0.2, 0.25) is 0 Å². The van der Waals surface area contributed by atoms with E-state index in [1.807, 2.05) is 12.3 Å². The normalized spacial score (nSPS) is 11.9. The van der Waals surface area contributed by atoms with Crippen LogP contribution in [0.3, 0.4) is 0 Å². The molecule has 10 aromatic rings. The SMILES string of the molecule is Cn1[cH+]n(-c2[c-]c(Oc3[c-]c4c(cc3)c3ccccc3n4-c3cc(C(C)(C)C)ccn3)cc(-n3c4ccccc4c4ccccc43)c2)c2ccccc21.[Pt]. The van der Waals surface area contributed by atoms with E-state index in [2.05, 4.69) is 192 Å². The van der Waals surface area contributed by atoms with E-state index in [-0.39, 0.29) is 26.5 Å². The van der Waals surface area contributed by atoms with E-state index >= 15 is 0 Å². The van der Waals surface area contributed by atoms with Gasteiger partial charge in [0.25, 0.3) is 0 Å². The minimum atomic E-state index is -0.0224. The first kappa shape index (κ1) is 33.8. The molecule has 0 saturated heterocycles. The number of hydrogen-bond donors (Lipinski definition) is 0. The van der Waals surface area contributed by atoms with E-state index in [1.165, 1.54) is 16.3 Å². The Balaban J connectivity index is 0.00000384. The minimum absolute atomic E-state index is 0. The van der Waals surface area contributed by atoms with Crippen molar-refractivity contribution < 1.29 is 25.8 Å². The molecule has 0 aliphatic heterocycles. The minimum Gasteiger partial charge on any atom is -0.508 e. The summed E-state index contributed by atoms with van der Waals surface area (Å²) in [5, 5.41) is 4.63. The number of ether oxygens (including phenoxy) is 1. The monoisotopic (exact) mass is 881 g/mol. The Kier molecular flexibility index (Phi) is 8.06. The summed E-state index contributed by atoms with van der Waals surface area (Å²) >= 11 is 0. The summed E-state index contributed by atoms with van der Waals surface area (Å²) in [6, 6.07) is 54.0. The summed E-state index contributed by atoms with van der Waals surface area (Å²) in [5.74, 6) is 2.04. The van der Waals surface area contributed by atoms with Crippen LogP contribution in [0.15, 0.2) is 146 Å². The number of pyridine rings is 1. The molecule has 7 heteroatoms. The average Bonchev–Trinajstić information content (AvgIpc) is 3.81. The molecule has 0 amide bonds. The predicted molar refractivity (Wildman–Crippen MR) is 216 cm³/mol. The van der Waals surface area contributed by atoms with Crippen LogP contribution in [0.25, 0.3) is 71.8 Å². The zero-order valence-electron chi connectivity index (χ0n) is 30.3. The van der Waals surface area contributed by atoms with E-state index in [4.69, 9.17) is 9.72 Å². The molecule has 4 heterocycles. The number of imidazole rings is 1. The van der Waals surface area contributed by atoms with Crippen molar-refractivity contribution in [2.75, 3.05) is 0 Å². The molecule has 266 valence electrons. The van der Waals surface area contributed by atoms with Gasteiger partial charge in [0.15, 0.2) is 17.4 Å². The Morgan fingerprint density at radius 3 is 1.85 bits per heavy atom. The van der Waals surface area contributed by atoms with Crippen LogP contribution in [-0.2, 0) is 33.5 Å². The third kappa shape index (κ3) is 5.44. The first-order chi connectivity index (χ1) is 25.8. The second-order valence-corrected chi connectivity index (χ2v) is 14.7. The second-order valence-electron chi connectivity index (χ2n) is 14.7. The van der Waals surface area contributed by atoms with Gasteiger partial charge in [0, 0.05) is 79.9 Å². The summed E-state index contributed by atoms with van der Waals surface area (Å²) in [7, 11) is 2.07. The molecule has 10 rings (SSSR count). The molecule has 0 N–H and O–H groups in total. The van der Waals surface area contributed by atoms with Gasteiger partial charge in [-0.1, -0.05) is 93.0 Å². The first-order valence-electron chi connectivity index (χ1n) is 17.9. The Bertz CT molecular complexity index is 3000. The molecule has 0 aliphatic carbocycles. The van der Waals surface area contributed by atoms with Gasteiger partial charge in [-0.15, -0.1) is 23.6 Å². The van der Waals surface area contributed by atoms with Crippen LogP contribution in [0, 0.1) is 12.1 Å². The largest absolute Gasteiger partial charge is 0.508 e. The molecular formula is C47H36N5OPt-. The molecule has 0 spiro atoms. The van der Waals surface area contributed by atoms with Crippen LogP contribution in [0.5, 0.6) is 11.5 Å². The van der Waals surface area contributed by atoms with Crippen molar-refractivity contribution in [3.05, 3.63) is 164 Å². The second kappa shape index (κ2) is 12.9. The molecule has 0 atom stereocenters. The van der Waals surface area contributed by atoms with Crippen molar-refractivity contribution >= 4 is 54.6 Å². The smallest absolute Gasteiger partial charge is 0.188 e. The number of hydrogen-bond acceptors (Lipinski definition) is 2. The molecule has 0 fully saturated rings. The van der Waals surface area contributed by atoms with Gasteiger partial charge in [-0.3, -0.25) is 0 Å². The van der Waals surface area contributed by atoms with E-state index in [0.29, 0.717) is 11.5 Å². The van der Waals surface area contributed by atoms with Crippen LogP contribution in [-0.4, -0.2) is 23.3 Å². The zero-order chi connectivity index (χ0) is 35.8. The van der Waals surface area contributed by atoms with Gasteiger partial charge >= 0.3 is 0 Å². The maximum atomic E-state index is 6.82. The van der Waals surface area contributed by atoms with Crippen molar-refractivity contribution in [1.29, 1.82) is 0 Å². The quantitative estimate of drug-likeness (QED) is 0.162. The number of rotatable bonds is 5. The standard InChI is InChI=1S/C47H36N5O.Pt/c1-47(2,3)31-23-24-48-46(25-31)52-42-18-10-7-15-38(42)39-22-21-34(29-45(39)52)53-35-27-32(50-30-49(4)43-19-11-12-20-44(43)50)26-33(28-35)51-40-16-8-5-13-36(40)37-14-6-9-17-41(37)51;/h5-26,28,30H,1-4H3;/q-1;. The number of fused-ring (bicyclic) bond motifs is 7. The first-order valence-corrected chi connectivity index (χ1v) is 17.9. The molecular weight excluding hydrogens is 846 g/mol. The number of para-hydroxylation sites is 5. The molecule has 0 unspecified atom stereocenters. The van der Waals surface area contributed by atoms with Gasteiger partial charge < -0.3 is 13.9 Å². The summed E-state index contributed by atoms with van der Waals surface area (Å²) < 4.78 is 15.7. The summed E-state index contributed by atoms with van der Waals surface area (Å²) in [6.07, 6.45) is 4.00. The van der Waals surface area contributed by atoms with Crippen LogP contribution < -0.4 is 4.74 Å². The zero-order valence-corrected chi connectivity index (χ0v) is 32.6. The molecule has 0 radical (unpaired) electrons. The fourth-order valence-electron chi connectivity index (χ4n) is 7.78. The average molecular weight is 882 g/mol. The van der Waals surface area contributed by atoms with E-state index < -0.39 is 0 Å².